The lowest BCUT2D eigenvalue weighted by atomic mass is 10.2. The Balaban J connectivity index is 1.93. The fourth-order valence-electron chi connectivity index (χ4n) is 3.11. The van der Waals surface area contributed by atoms with E-state index >= 15 is 0 Å². The predicted molar refractivity (Wildman–Crippen MR) is 128 cm³/mol. The van der Waals surface area contributed by atoms with Gasteiger partial charge >= 0.3 is 17.4 Å². The number of hydrogen-bond acceptors (Lipinski definition) is 7. The molecule has 0 bridgehead atoms. The molecule has 0 spiro atoms. The smallest absolute Gasteiger partial charge is 0.355 e. The van der Waals surface area contributed by atoms with E-state index < -0.39 is 17.4 Å². The van der Waals surface area contributed by atoms with E-state index in [9.17, 15) is 19.5 Å². The van der Waals surface area contributed by atoms with Gasteiger partial charge in [-0.1, -0.05) is 23.7 Å². The number of aryl methyl sites for hydroxylation is 1. The van der Waals surface area contributed by atoms with Crippen LogP contribution in [0.5, 0.6) is 5.75 Å². The van der Waals surface area contributed by atoms with Crippen molar-refractivity contribution in [2.75, 3.05) is 25.0 Å². The van der Waals surface area contributed by atoms with Crippen molar-refractivity contribution in [2.45, 2.75) is 20.0 Å². The van der Waals surface area contributed by atoms with Crippen molar-refractivity contribution < 1.29 is 15.0 Å². The second-order valence-corrected chi connectivity index (χ2v) is 7.83. The lowest BCUT2D eigenvalue weighted by Crippen LogP contribution is -2.46. The van der Waals surface area contributed by atoms with Crippen molar-refractivity contribution in [3.63, 3.8) is 0 Å². The molecular formula is C22H25ClN6O5. The van der Waals surface area contributed by atoms with E-state index in [1.807, 2.05) is 0 Å². The highest BCUT2D eigenvalue weighted by Gasteiger charge is 2.15. The predicted octanol–water partition coefficient (Wildman–Crippen LogP) is 1.16. The maximum Gasteiger partial charge on any atom is 0.355 e. The van der Waals surface area contributed by atoms with E-state index in [1.165, 1.54) is 10.6 Å². The van der Waals surface area contributed by atoms with E-state index in [0.29, 0.717) is 16.3 Å². The number of nitrogens with zero attached hydrogens (tertiary/aromatic N) is 3. The van der Waals surface area contributed by atoms with E-state index in [0.717, 1.165) is 10.1 Å². The monoisotopic (exact) mass is 488 g/mol. The van der Waals surface area contributed by atoms with Crippen LogP contribution in [0.15, 0.2) is 52.1 Å². The number of phenolic OH excluding ortho intramolecular Hbond substituents is 1. The molecule has 1 aromatic heterocycles. The summed E-state index contributed by atoms with van der Waals surface area (Å²) in [6, 6.07) is 11.1. The van der Waals surface area contributed by atoms with Gasteiger partial charge in [-0.25, -0.2) is 19.0 Å². The standard InChI is InChI=1S/C22H25ClN6O5/c1-14-12-17(6-7-18(14)31)26-19-27-21(33)28(10-8-24-20(32)25-9-11-30)22(34)29(19)13-15-2-4-16(23)5-3-15/h2-7,12,30-31H,8-11,13H2,1H3,(H2,24,25,32)(H,26,27,33). The molecule has 2 aromatic carbocycles. The average Bonchev–Trinajstić information content (AvgIpc) is 2.81. The zero-order valence-electron chi connectivity index (χ0n) is 18.4. The highest BCUT2D eigenvalue weighted by molar-refractivity contribution is 6.30. The summed E-state index contributed by atoms with van der Waals surface area (Å²) < 4.78 is 2.23. The first kappa shape index (κ1) is 24.8. The van der Waals surface area contributed by atoms with Crippen molar-refractivity contribution in [1.82, 2.24) is 24.8 Å². The molecule has 0 atom stereocenters. The summed E-state index contributed by atoms with van der Waals surface area (Å²) in [5.41, 5.74) is 0.491. The third-order valence-corrected chi connectivity index (χ3v) is 5.13. The second-order valence-electron chi connectivity index (χ2n) is 7.40. The lowest BCUT2D eigenvalue weighted by molar-refractivity contribution is 0.233. The highest BCUT2D eigenvalue weighted by Crippen LogP contribution is 2.22. The third-order valence-electron chi connectivity index (χ3n) is 4.88. The van der Waals surface area contributed by atoms with Gasteiger partial charge in [-0.05, 0) is 48.4 Å². The number of amides is 2. The Morgan fingerprint density at radius 2 is 1.76 bits per heavy atom. The van der Waals surface area contributed by atoms with Gasteiger partial charge in [0.1, 0.15) is 5.75 Å². The van der Waals surface area contributed by atoms with Crippen LogP contribution in [-0.2, 0) is 13.1 Å². The van der Waals surface area contributed by atoms with Gasteiger partial charge in [0.05, 0.1) is 13.2 Å². The number of aromatic nitrogens is 3. The summed E-state index contributed by atoms with van der Waals surface area (Å²) in [6.45, 7) is 1.60. The van der Waals surface area contributed by atoms with Gasteiger partial charge in [0, 0.05) is 30.3 Å². The van der Waals surface area contributed by atoms with Crippen molar-refractivity contribution in [3.8, 4) is 5.75 Å². The van der Waals surface area contributed by atoms with Gasteiger partial charge in [0.2, 0.25) is 5.95 Å². The van der Waals surface area contributed by atoms with Gasteiger partial charge in [0.15, 0.2) is 0 Å². The molecule has 0 aliphatic rings. The molecule has 3 rings (SSSR count). The number of aromatic hydroxyl groups is 1. The largest absolute Gasteiger partial charge is 0.508 e. The average molecular weight is 489 g/mol. The molecule has 12 heteroatoms. The number of hydrogen-bond donors (Lipinski definition) is 5. The first-order valence-corrected chi connectivity index (χ1v) is 10.8. The van der Waals surface area contributed by atoms with Crippen LogP contribution < -0.4 is 27.3 Å². The van der Waals surface area contributed by atoms with E-state index in [4.69, 9.17) is 16.7 Å². The number of nitrogens with one attached hydrogen (secondary N) is 3. The SMILES string of the molecule is Cc1cc(Nc2nc(=O)n(CCNC(=O)NCCO)c(=O)n2Cc2ccc(Cl)cc2)ccc1O. The molecule has 0 aliphatic carbocycles. The normalized spacial score (nSPS) is 10.7. The number of halogens is 1. The van der Waals surface area contributed by atoms with E-state index in [1.54, 1.807) is 43.3 Å². The number of rotatable bonds is 9. The Hall–Kier alpha value is -3.83. The highest BCUT2D eigenvalue weighted by atomic mass is 35.5. The van der Waals surface area contributed by atoms with Crippen LogP contribution >= 0.6 is 11.6 Å². The molecular weight excluding hydrogens is 464 g/mol. The number of aliphatic hydroxyl groups is 1. The third kappa shape index (κ3) is 6.36. The van der Waals surface area contributed by atoms with Crippen molar-refractivity contribution in [1.29, 1.82) is 0 Å². The minimum atomic E-state index is -0.784. The number of urea groups is 1. The number of anilines is 2. The Kier molecular flexibility index (Phi) is 8.28. The minimum absolute atomic E-state index is 0.00103. The summed E-state index contributed by atoms with van der Waals surface area (Å²) in [6.07, 6.45) is 0. The van der Waals surface area contributed by atoms with Gasteiger partial charge in [-0.15, -0.1) is 0 Å². The molecule has 0 unspecified atom stereocenters. The van der Waals surface area contributed by atoms with Crippen LogP contribution in [0, 0.1) is 6.92 Å². The van der Waals surface area contributed by atoms with Crippen LogP contribution in [-0.4, -0.2) is 50.1 Å². The first-order valence-electron chi connectivity index (χ1n) is 10.4. The number of benzene rings is 2. The Bertz CT molecular complexity index is 1270. The molecule has 0 radical (unpaired) electrons. The van der Waals surface area contributed by atoms with Gasteiger partial charge in [-0.2, -0.15) is 4.98 Å². The Morgan fingerprint density at radius 1 is 1.06 bits per heavy atom. The summed E-state index contributed by atoms with van der Waals surface area (Å²) in [5, 5.41) is 27.0. The van der Waals surface area contributed by atoms with Gasteiger partial charge in [-0.3, -0.25) is 4.57 Å². The molecule has 0 fully saturated rings. The number of carbonyl (C=O) groups excluding carboxylic acids is 1. The maximum absolute atomic E-state index is 13.3. The number of aliphatic hydroxyl groups excluding tert-OH is 1. The van der Waals surface area contributed by atoms with E-state index in [2.05, 4.69) is 20.9 Å². The molecule has 34 heavy (non-hydrogen) atoms. The summed E-state index contributed by atoms with van der Waals surface area (Å²) in [7, 11) is 0. The van der Waals surface area contributed by atoms with Crippen molar-refractivity contribution in [3.05, 3.63) is 79.6 Å². The topological polar surface area (TPSA) is 151 Å². The number of phenols is 1. The zero-order valence-corrected chi connectivity index (χ0v) is 19.2. The molecule has 2 amide bonds. The Morgan fingerprint density at radius 3 is 2.44 bits per heavy atom. The van der Waals surface area contributed by atoms with Gasteiger partial charge in [0.25, 0.3) is 0 Å². The molecule has 5 N–H and O–H groups in total. The summed E-state index contributed by atoms with van der Waals surface area (Å²) in [4.78, 5) is 41.6. The van der Waals surface area contributed by atoms with Crippen LogP contribution in [0.3, 0.4) is 0 Å². The fourth-order valence-corrected chi connectivity index (χ4v) is 3.23. The van der Waals surface area contributed by atoms with Crippen molar-refractivity contribution >= 4 is 29.3 Å². The Labute approximate surface area is 199 Å². The molecule has 0 saturated carbocycles. The first-order chi connectivity index (χ1) is 16.3. The minimum Gasteiger partial charge on any atom is -0.508 e. The van der Waals surface area contributed by atoms with Crippen LogP contribution in [0.1, 0.15) is 11.1 Å². The molecule has 11 nitrogen and oxygen atoms in total. The van der Waals surface area contributed by atoms with Crippen LogP contribution in [0.25, 0.3) is 0 Å². The second kappa shape index (κ2) is 11.3. The fraction of sp³-hybridized carbons (Fsp3) is 0.273. The molecule has 3 aromatic rings. The molecule has 1 heterocycles. The molecule has 0 saturated heterocycles. The number of carbonyl (C=O) groups is 1. The molecule has 0 aliphatic heterocycles. The van der Waals surface area contributed by atoms with Crippen LogP contribution in [0.2, 0.25) is 5.02 Å². The lowest BCUT2D eigenvalue weighted by Gasteiger charge is -2.16. The molecule has 180 valence electrons. The van der Waals surface area contributed by atoms with Gasteiger partial charge < -0.3 is 26.2 Å². The van der Waals surface area contributed by atoms with Crippen molar-refractivity contribution in [2.24, 2.45) is 0 Å². The summed E-state index contributed by atoms with van der Waals surface area (Å²) >= 11 is 5.96. The summed E-state index contributed by atoms with van der Waals surface area (Å²) in [5.74, 6) is 0.142. The zero-order chi connectivity index (χ0) is 24.7. The maximum atomic E-state index is 13.3. The van der Waals surface area contributed by atoms with Crippen LogP contribution in [0.4, 0.5) is 16.4 Å². The quantitative estimate of drug-likeness (QED) is 0.283. The van der Waals surface area contributed by atoms with E-state index in [-0.39, 0.29) is 44.5 Å².